The molecule has 5 heteroatoms. The van der Waals surface area contributed by atoms with Gasteiger partial charge in [-0.15, -0.1) is 0 Å². The van der Waals surface area contributed by atoms with Gasteiger partial charge in [-0.2, -0.15) is 5.10 Å². The maximum atomic E-state index is 13.3. The summed E-state index contributed by atoms with van der Waals surface area (Å²) in [6.07, 6.45) is 2.80. The maximum Gasteiger partial charge on any atom is 0.220 e. The molecule has 0 bridgehead atoms. The van der Waals surface area contributed by atoms with E-state index in [1.54, 1.807) is 6.07 Å². The van der Waals surface area contributed by atoms with E-state index >= 15 is 0 Å². The maximum absolute atomic E-state index is 13.3. The van der Waals surface area contributed by atoms with Gasteiger partial charge in [0.15, 0.2) is 0 Å². The number of benzene rings is 3. The molecule has 0 spiro atoms. The molecule has 4 aromatic rings. The Balaban J connectivity index is 1.45. The molecule has 0 saturated heterocycles. The summed E-state index contributed by atoms with van der Waals surface area (Å²) in [6.45, 7) is 1.05. The van der Waals surface area contributed by atoms with E-state index in [1.807, 2.05) is 65.5 Å². The first-order chi connectivity index (χ1) is 15.2. The van der Waals surface area contributed by atoms with Crippen molar-refractivity contribution in [2.75, 3.05) is 0 Å². The normalized spacial score (nSPS) is 10.7. The van der Waals surface area contributed by atoms with Gasteiger partial charge in [-0.3, -0.25) is 9.48 Å². The average molecular weight is 413 g/mol. The zero-order valence-electron chi connectivity index (χ0n) is 17.2. The first-order valence-electron chi connectivity index (χ1n) is 10.3. The van der Waals surface area contributed by atoms with Crippen molar-refractivity contribution in [3.05, 3.63) is 114 Å². The number of halogens is 1. The molecule has 4 rings (SSSR count). The standard InChI is InChI=1S/C26H24FN3O/c27-24-13-7-10-20(16-24)14-15-25(31)28-17-23-19-30(18-21-8-3-1-4-9-21)29-26(23)22-11-5-2-6-12-22/h1-13,16,19H,14-15,17-18H2,(H,28,31). The topological polar surface area (TPSA) is 46.9 Å². The van der Waals surface area contributed by atoms with Crippen molar-refractivity contribution in [2.24, 2.45) is 0 Å². The van der Waals surface area contributed by atoms with E-state index in [0.29, 0.717) is 25.9 Å². The van der Waals surface area contributed by atoms with Gasteiger partial charge in [0, 0.05) is 30.3 Å². The van der Waals surface area contributed by atoms with Crippen LogP contribution in [0.3, 0.4) is 0 Å². The van der Waals surface area contributed by atoms with Gasteiger partial charge in [0.1, 0.15) is 5.82 Å². The van der Waals surface area contributed by atoms with Gasteiger partial charge in [-0.25, -0.2) is 4.39 Å². The zero-order chi connectivity index (χ0) is 21.5. The lowest BCUT2D eigenvalue weighted by Gasteiger charge is -2.06. The highest BCUT2D eigenvalue weighted by molar-refractivity contribution is 5.76. The number of carbonyl (C=O) groups excluding carboxylic acids is 1. The summed E-state index contributed by atoms with van der Waals surface area (Å²) >= 11 is 0. The Morgan fingerprint density at radius 2 is 1.61 bits per heavy atom. The second-order valence-electron chi connectivity index (χ2n) is 7.46. The number of rotatable bonds is 8. The minimum atomic E-state index is -0.281. The third kappa shape index (κ3) is 5.66. The SMILES string of the molecule is O=C(CCc1cccc(F)c1)NCc1cn(Cc2ccccc2)nc1-c1ccccc1. The number of aromatic nitrogens is 2. The minimum Gasteiger partial charge on any atom is -0.352 e. The van der Waals surface area contributed by atoms with Crippen LogP contribution in [0.5, 0.6) is 0 Å². The average Bonchev–Trinajstić information content (AvgIpc) is 3.20. The monoisotopic (exact) mass is 413 g/mol. The Kier molecular flexibility index (Phi) is 6.53. The summed E-state index contributed by atoms with van der Waals surface area (Å²) in [5.74, 6) is -0.352. The van der Waals surface area contributed by atoms with E-state index in [2.05, 4.69) is 17.4 Å². The molecule has 31 heavy (non-hydrogen) atoms. The van der Waals surface area contributed by atoms with E-state index in [0.717, 1.165) is 27.9 Å². The highest BCUT2D eigenvalue weighted by Gasteiger charge is 2.13. The minimum absolute atomic E-state index is 0.0703. The van der Waals surface area contributed by atoms with E-state index in [-0.39, 0.29) is 11.7 Å². The molecule has 0 aliphatic rings. The summed E-state index contributed by atoms with van der Waals surface area (Å²) < 4.78 is 15.2. The van der Waals surface area contributed by atoms with Crippen molar-refractivity contribution >= 4 is 5.91 Å². The van der Waals surface area contributed by atoms with Gasteiger partial charge in [-0.1, -0.05) is 72.8 Å². The van der Waals surface area contributed by atoms with Crippen LogP contribution in [0.2, 0.25) is 0 Å². The van der Waals surface area contributed by atoms with Crippen LogP contribution in [0.4, 0.5) is 4.39 Å². The lowest BCUT2D eigenvalue weighted by atomic mass is 10.1. The molecule has 0 radical (unpaired) electrons. The van der Waals surface area contributed by atoms with Crippen LogP contribution >= 0.6 is 0 Å². The Morgan fingerprint density at radius 1 is 0.903 bits per heavy atom. The Morgan fingerprint density at radius 3 is 2.35 bits per heavy atom. The summed E-state index contributed by atoms with van der Waals surface area (Å²) in [4.78, 5) is 12.4. The Labute approximate surface area is 181 Å². The van der Waals surface area contributed by atoms with Crippen molar-refractivity contribution in [2.45, 2.75) is 25.9 Å². The van der Waals surface area contributed by atoms with Gasteiger partial charge < -0.3 is 5.32 Å². The number of hydrogen-bond donors (Lipinski definition) is 1. The predicted octanol–water partition coefficient (Wildman–Crippen LogP) is 4.99. The first kappa shape index (κ1) is 20.5. The summed E-state index contributed by atoms with van der Waals surface area (Å²) in [5.41, 5.74) is 4.81. The van der Waals surface area contributed by atoms with Crippen molar-refractivity contribution in [3.63, 3.8) is 0 Å². The molecule has 0 aliphatic heterocycles. The van der Waals surface area contributed by atoms with Crippen molar-refractivity contribution in [1.82, 2.24) is 15.1 Å². The molecule has 0 atom stereocenters. The molecule has 0 saturated carbocycles. The van der Waals surface area contributed by atoms with Crippen LogP contribution in [0, 0.1) is 5.82 Å². The molecular weight excluding hydrogens is 389 g/mol. The first-order valence-corrected chi connectivity index (χ1v) is 10.3. The predicted molar refractivity (Wildman–Crippen MR) is 120 cm³/mol. The second kappa shape index (κ2) is 9.85. The van der Waals surface area contributed by atoms with Crippen molar-refractivity contribution in [3.8, 4) is 11.3 Å². The number of nitrogens with one attached hydrogen (secondary N) is 1. The molecule has 1 heterocycles. The van der Waals surface area contributed by atoms with Crippen LogP contribution in [-0.2, 0) is 24.3 Å². The van der Waals surface area contributed by atoms with Gasteiger partial charge >= 0.3 is 0 Å². The van der Waals surface area contributed by atoms with E-state index in [9.17, 15) is 9.18 Å². The molecule has 0 unspecified atom stereocenters. The third-order valence-corrected chi connectivity index (χ3v) is 5.08. The van der Waals surface area contributed by atoms with Crippen molar-refractivity contribution < 1.29 is 9.18 Å². The number of amides is 1. The van der Waals surface area contributed by atoms with Gasteiger partial charge in [0.25, 0.3) is 0 Å². The summed E-state index contributed by atoms with van der Waals surface area (Å²) in [5, 5.41) is 7.77. The largest absolute Gasteiger partial charge is 0.352 e. The molecule has 1 aromatic heterocycles. The highest BCUT2D eigenvalue weighted by atomic mass is 19.1. The summed E-state index contributed by atoms with van der Waals surface area (Å²) in [6, 6.07) is 26.5. The van der Waals surface area contributed by atoms with Crippen LogP contribution in [-0.4, -0.2) is 15.7 Å². The van der Waals surface area contributed by atoms with Gasteiger partial charge in [0.05, 0.1) is 12.2 Å². The quantitative estimate of drug-likeness (QED) is 0.443. The smallest absolute Gasteiger partial charge is 0.220 e. The van der Waals surface area contributed by atoms with Crippen molar-refractivity contribution in [1.29, 1.82) is 0 Å². The molecule has 4 nitrogen and oxygen atoms in total. The fourth-order valence-corrected chi connectivity index (χ4v) is 3.52. The Bertz CT molecular complexity index is 1140. The number of hydrogen-bond acceptors (Lipinski definition) is 2. The second-order valence-corrected chi connectivity index (χ2v) is 7.46. The van der Waals surface area contributed by atoms with E-state index < -0.39 is 0 Å². The fourth-order valence-electron chi connectivity index (χ4n) is 3.52. The molecule has 0 fully saturated rings. The zero-order valence-corrected chi connectivity index (χ0v) is 17.2. The molecular formula is C26H24FN3O. The summed E-state index contributed by atoms with van der Waals surface area (Å²) in [7, 11) is 0. The third-order valence-electron chi connectivity index (χ3n) is 5.08. The number of carbonyl (C=O) groups is 1. The molecule has 3 aromatic carbocycles. The number of nitrogens with zero attached hydrogens (tertiary/aromatic N) is 2. The number of aryl methyl sites for hydroxylation is 1. The van der Waals surface area contributed by atoms with Gasteiger partial charge in [-0.05, 0) is 29.7 Å². The van der Waals surface area contributed by atoms with Crippen LogP contribution in [0.1, 0.15) is 23.1 Å². The van der Waals surface area contributed by atoms with Gasteiger partial charge in [0.2, 0.25) is 5.91 Å². The van der Waals surface area contributed by atoms with Crippen LogP contribution in [0.15, 0.2) is 91.1 Å². The lowest BCUT2D eigenvalue weighted by molar-refractivity contribution is -0.121. The van der Waals surface area contributed by atoms with E-state index in [4.69, 9.17) is 5.10 Å². The molecule has 156 valence electrons. The molecule has 1 N–H and O–H groups in total. The molecule has 0 aliphatic carbocycles. The van der Waals surface area contributed by atoms with Crippen LogP contribution < -0.4 is 5.32 Å². The van der Waals surface area contributed by atoms with E-state index in [1.165, 1.54) is 12.1 Å². The fraction of sp³-hybridized carbons (Fsp3) is 0.154. The molecule has 1 amide bonds. The highest BCUT2D eigenvalue weighted by Crippen LogP contribution is 2.22. The Hall–Kier alpha value is -3.73. The lowest BCUT2D eigenvalue weighted by Crippen LogP contribution is -2.23. The van der Waals surface area contributed by atoms with Crippen LogP contribution in [0.25, 0.3) is 11.3 Å².